The van der Waals surface area contributed by atoms with Gasteiger partial charge in [0, 0.05) is 4.90 Å². The van der Waals surface area contributed by atoms with Gasteiger partial charge < -0.3 is 14.8 Å². The molecule has 1 N–H and O–H groups in total. The SMILES string of the molecule is C[C@@H]1Sc2ccc(C(=O)OCCOc3ccc(F)cc3)cc2NC1=O. The first kappa shape index (κ1) is 17.3. The van der Waals surface area contributed by atoms with Gasteiger partial charge in [-0.2, -0.15) is 0 Å². The predicted molar refractivity (Wildman–Crippen MR) is 92.6 cm³/mol. The maximum Gasteiger partial charge on any atom is 0.338 e. The number of carbonyl (C=O) groups excluding carboxylic acids is 2. The molecule has 1 aliphatic rings. The van der Waals surface area contributed by atoms with Gasteiger partial charge in [-0.15, -0.1) is 11.8 Å². The van der Waals surface area contributed by atoms with Gasteiger partial charge >= 0.3 is 5.97 Å². The summed E-state index contributed by atoms with van der Waals surface area (Å²) in [7, 11) is 0. The summed E-state index contributed by atoms with van der Waals surface area (Å²) in [6, 6.07) is 10.7. The van der Waals surface area contributed by atoms with Gasteiger partial charge in [-0.05, 0) is 49.4 Å². The van der Waals surface area contributed by atoms with Crippen LogP contribution in [0.4, 0.5) is 10.1 Å². The summed E-state index contributed by atoms with van der Waals surface area (Å²) in [6.45, 7) is 2.05. The summed E-state index contributed by atoms with van der Waals surface area (Å²) in [6.07, 6.45) is 0. The molecular weight excluding hydrogens is 345 g/mol. The van der Waals surface area contributed by atoms with Crippen molar-refractivity contribution in [2.24, 2.45) is 0 Å². The highest BCUT2D eigenvalue weighted by Gasteiger charge is 2.23. The summed E-state index contributed by atoms with van der Waals surface area (Å²) in [5.41, 5.74) is 0.973. The van der Waals surface area contributed by atoms with E-state index in [0.29, 0.717) is 17.0 Å². The predicted octanol–water partition coefficient (Wildman–Crippen LogP) is 3.49. The maximum atomic E-state index is 12.8. The zero-order chi connectivity index (χ0) is 17.8. The maximum absolute atomic E-state index is 12.8. The van der Waals surface area contributed by atoms with Crippen molar-refractivity contribution in [3.05, 3.63) is 53.8 Å². The van der Waals surface area contributed by atoms with E-state index in [1.165, 1.54) is 36.0 Å². The molecule has 0 radical (unpaired) electrons. The van der Waals surface area contributed by atoms with Crippen LogP contribution in [-0.4, -0.2) is 30.3 Å². The second-order valence-corrected chi connectivity index (χ2v) is 6.78. The molecule has 25 heavy (non-hydrogen) atoms. The third-order valence-electron chi connectivity index (χ3n) is 3.54. The molecule has 130 valence electrons. The lowest BCUT2D eigenvalue weighted by Gasteiger charge is -2.21. The Morgan fingerprint density at radius 1 is 1.20 bits per heavy atom. The van der Waals surface area contributed by atoms with Gasteiger partial charge in [0.2, 0.25) is 5.91 Å². The van der Waals surface area contributed by atoms with Gasteiger partial charge in [0.25, 0.3) is 0 Å². The number of carbonyl (C=O) groups is 2. The first-order valence-corrected chi connectivity index (χ1v) is 8.58. The Bertz CT molecular complexity index is 794. The van der Waals surface area contributed by atoms with E-state index in [1.807, 2.05) is 6.92 Å². The molecule has 0 fully saturated rings. The average molecular weight is 361 g/mol. The number of anilines is 1. The molecule has 0 bridgehead atoms. The highest BCUT2D eigenvalue weighted by atomic mass is 32.2. The summed E-state index contributed by atoms with van der Waals surface area (Å²) in [5.74, 6) is -0.426. The van der Waals surface area contributed by atoms with Crippen molar-refractivity contribution in [2.45, 2.75) is 17.1 Å². The van der Waals surface area contributed by atoms with E-state index in [4.69, 9.17) is 9.47 Å². The van der Waals surface area contributed by atoms with Gasteiger partial charge in [0.1, 0.15) is 24.8 Å². The molecule has 2 aromatic carbocycles. The first-order chi connectivity index (χ1) is 12.0. The smallest absolute Gasteiger partial charge is 0.338 e. The number of thioether (sulfide) groups is 1. The zero-order valence-corrected chi connectivity index (χ0v) is 14.3. The Morgan fingerprint density at radius 3 is 2.72 bits per heavy atom. The number of amides is 1. The molecular formula is C18H16FNO4S. The molecule has 0 aliphatic carbocycles. The summed E-state index contributed by atoms with van der Waals surface area (Å²) in [5, 5.41) is 2.62. The molecule has 2 aromatic rings. The lowest BCUT2D eigenvalue weighted by molar-refractivity contribution is -0.115. The number of rotatable bonds is 5. The Kier molecular flexibility index (Phi) is 5.23. The quantitative estimate of drug-likeness (QED) is 0.652. The molecule has 0 unspecified atom stereocenters. The van der Waals surface area contributed by atoms with Crippen LogP contribution in [0.5, 0.6) is 5.75 Å². The van der Waals surface area contributed by atoms with E-state index in [9.17, 15) is 14.0 Å². The minimum Gasteiger partial charge on any atom is -0.490 e. The largest absolute Gasteiger partial charge is 0.490 e. The molecule has 1 aliphatic heterocycles. The van der Waals surface area contributed by atoms with Gasteiger partial charge in [-0.3, -0.25) is 4.79 Å². The summed E-state index contributed by atoms with van der Waals surface area (Å²) in [4.78, 5) is 24.7. The fraction of sp³-hybridized carbons (Fsp3) is 0.222. The molecule has 0 aromatic heterocycles. The average Bonchev–Trinajstić information content (AvgIpc) is 2.60. The number of benzene rings is 2. The minimum absolute atomic E-state index is 0.0610. The lowest BCUT2D eigenvalue weighted by atomic mass is 10.2. The number of esters is 1. The van der Waals surface area contributed by atoms with Crippen molar-refractivity contribution in [3.63, 3.8) is 0 Å². The van der Waals surface area contributed by atoms with Gasteiger partial charge in [-0.1, -0.05) is 0 Å². The molecule has 1 heterocycles. The van der Waals surface area contributed by atoms with Crippen molar-refractivity contribution in [1.29, 1.82) is 0 Å². The van der Waals surface area contributed by atoms with Crippen LogP contribution in [0.3, 0.4) is 0 Å². The Morgan fingerprint density at radius 2 is 1.96 bits per heavy atom. The third kappa shape index (κ3) is 4.30. The van der Waals surface area contributed by atoms with Crippen LogP contribution in [0.1, 0.15) is 17.3 Å². The van der Waals surface area contributed by atoms with Crippen LogP contribution in [0.15, 0.2) is 47.4 Å². The standard InChI is InChI=1S/C18H16FNO4S/c1-11-17(21)20-15-10-12(2-7-16(15)25-11)18(22)24-9-8-23-14-5-3-13(19)4-6-14/h2-7,10-11H,8-9H2,1H3,(H,20,21)/t11-/m0/s1. The number of nitrogens with one attached hydrogen (secondary N) is 1. The van der Waals surface area contributed by atoms with E-state index in [2.05, 4.69) is 5.32 Å². The first-order valence-electron chi connectivity index (χ1n) is 7.70. The van der Waals surface area contributed by atoms with Crippen molar-refractivity contribution < 1.29 is 23.5 Å². The minimum atomic E-state index is -0.497. The van der Waals surface area contributed by atoms with Gasteiger partial charge in [-0.25, -0.2) is 9.18 Å². The van der Waals surface area contributed by atoms with E-state index in [1.54, 1.807) is 18.2 Å². The number of hydrogen-bond acceptors (Lipinski definition) is 5. The number of fused-ring (bicyclic) bond motifs is 1. The highest BCUT2D eigenvalue weighted by Crippen LogP contribution is 2.36. The molecule has 1 atom stereocenters. The Hall–Kier alpha value is -2.54. The Labute approximate surface area is 148 Å². The number of halogens is 1. The van der Waals surface area contributed by atoms with Crippen LogP contribution in [0.25, 0.3) is 0 Å². The summed E-state index contributed by atoms with van der Waals surface area (Å²) >= 11 is 1.45. The zero-order valence-electron chi connectivity index (χ0n) is 13.5. The molecule has 7 heteroatoms. The molecule has 1 amide bonds. The van der Waals surface area contributed by atoms with Crippen LogP contribution < -0.4 is 10.1 Å². The highest BCUT2D eigenvalue weighted by molar-refractivity contribution is 8.00. The lowest BCUT2D eigenvalue weighted by Crippen LogP contribution is -2.26. The summed E-state index contributed by atoms with van der Waals surface area (Å²) < 4.78 is 23.3. The van der Waals surface area contributed by atoms with Gasteiger partial charge in [0.15, 0.2) is 0 Å². The van der Waals surface area contributed by atoms with Crippen molar-refractivity contribution in [1.82, 2.24) is 0 Å². The van der Waals surface area contributed by atoms with E-state index in [-0.39, 0.29) is 30.2 Å². The number of ether oxygens (including phenoxy) is 2. The van der Waals surface area contributed by atoms with Crippen LogP contribution in [0.2, 0.25) is 0 Å². The van der Waals surface area contributed by atoms with E-state index in [0.717, 1.165) is 4.90 Å². The molecule has 0 saturated carbocycles. The molecule has 0 saturated heterocycles. The van der Waals surface area contributed by atoms with E-state index >= 15 is 0 Å². The second-order valence-electron chi connectivity index (χ2n) is 5.40. The molecule has 3 rings (SSSR count). The fourth-order valence-corrected chi connectivity index (χ4v) is 3.17. The molecule has 0 spiro atoms. The van der Waals surface area contributed by atoms with Crippen molar-refractivity contribution in [3.8, 4) is 5.75 Å². The van der Waals surface area contributed by atoms with E-state index < -0.39 is 5.97 Å². The van der Waals surface area contributed by atoms with Gasteiger partial charge in [0.05, 0.1) is 16.5 Å². The Balaban J connectivity index is 1.52. The second kappa shape index (κ2) is 7.57. The van der Waals surface area contributed by atoms with Crippen LogP contribution in [-0.2, 0) is 9.53 Å². The third-order valence-corrected chi connectivity index (χ3v) is 4.72. The molecule has 5 nitrogen and oxygen atoms in total. The van der Waals surface area contributed by atoms with Crippen LogP contribution >= 0.6 is 11.8 Å². The number of hydrogen-bond donors (Lipinski definition) is 1. The monoisotopic (exact) mass is 361 g/mol. The topological polar surface area (TPSA) is 64.6 Å². The normalized spacial score (nSPS) is 15.9. The fourth-order valence-electron chi connectivity index (χ4n) is 2.24. The van der Waals surface area contributed by atoms with Crippen molar-refractivity contribution >= 4 is 29.3 Å². The van der Waals surface area contributed by atoms with Crippen molar-refractivity contribution in [2.75, 3.05) is 18.5 Å². The van der Waals surface area contributed by atoms with Crippen LogP contribution in [0, 0.1) is 5.82 Å².